The van der Waals surface area contributed by atoms with Gasteiger partial charge in [-0.3, -0.25) is 0 Å². The molecular formula is C24H23N3O3S. The molecule has 0 saturated carbocycles. The van der Waals surface area contributed by atoms with Crippen LogP contribution in [0.25, 0.3) is 22.2 Å². The van der Waals surface area contributed by atoms with Crippen molar-refractivity contribution in [1.29, 1.82) is 0 Å². The van der Waals surface area contributed by atoms with Crippen LogP contribution in [-0.2, 0) is 7.05 Å². The molecule has 2 heterocycles. The predicted molar refractivity (Wildman–Crippen MR) is 122 cm³/mol. The van der Waals surface area contributed by atoms with Gasteiger partial charge in [-0.1, -0.05) is 54.2 Å². The number of nitrogens with zero attached hydrogens (tertiary/aromatic N) is 3. The number of benzene rings is 3. The van der Waals surface area contributed by atoms with Gasteiger partial charge >= 0.3 is 0 Å². The number of ether oxygens (including phenoxy) is 2. The van der Waals surface area contributed by atoms with Crippen LogP contribution in [-0.4, -0.2) is 38.8 Å². The first-order chi connectivity index (χ1) is 15.2. The molecule has 0 spiro atoms. The lowest BCUT2D eigenvalue weighted by Crippen LogP contribution is -2.03. The van der Waals surface area contributed by atoms with Crippen LogP contribution in [0.4, 0.5) is 0 Å². The molecule has 6 nitrogen and oxygen atoms in total. The summed E-state index contributed by atoms with van der Waals surface area (Å²) in [5.74, 6) is 2.69. The van der Waals surface area contributed by atoms with Crippen molar-refractivity contribution in [3.63, 3.8) is 0 Å². The molecule has 1 N–H and O–H groups in total. The van der Waals surface area contributed by atoms with Crippen molar-refractivity contribution in [3.8, 4) is 22.9 Å². The normalized spacial score (nSPS) is 14.4. The Morgan fingerprint density at radius 2 is 1.77 bits per heavy atom. The fourth-order valence-electron chi connectivity index (χ4n) is 3.66. The molecule has 1 aliphatic rings. The minimum Gasteiger partial charge on any atom is -0.490 e. The number of fused-ring (bicyclic) bond motifs is 2. The second kappa shape index (κ2) is 8.61. The number of thioether (sulfide) groups is 1. The third-order valence-corrected chi connectivity index (χ3v) is 6.47. The average Bonchev–Trinajstić information content (AvgIpc) is 3.01. The highest BCUT2D eigenvalue weighted by atomic mass is 32.2. The maximum Gasteiger partial charge on any atom is 0.191 e. The molecule has 1 atom stereocenters. The van der Waals surface area contributed by atoms with Crippen molar-refractivity contribution >= 4 is 22.5 Å². The first kappa shape index (κ1) is 19.9. The van der Waals surface area contributed by atoms with E-state index >= 15 is 0 Å². The quantitative estimate of drug-likeness (QED) is 0.463. The van der Waals surface area contributed by atoms with Gasteiger partial charge in [-0.05, 0) is 34.5 Å². The lowest BCUT2D eigenvalue weighted by Gasteiger charge is -2.13. The highest BCUT2D eigenvalue weighted by molar-refractivity contribution is 7.99. The summed E-state index contributed by atoms with van der Waals surface area (Å²) in [6.45, 7) is 1.27. The Hall–Kier alpha value is -3.03. The summed E-state index contributed by atoms with van der Waals surface area (Å²) in [6.07, 6.45) is 0.205. The summed E-state index contributed by atoms with van der Waals surface area (Å²) >= 11 is 1.48. The Labute approximate surface area is 184 Å². The van der Waals surface area contributed by atoms with Gasteiger partial charge in [0.25, 0.3) is 0 Å². The lowest BCUT2D eigenvalue weighted by atomic mass is 10.1. The zero-order valence-corrected chi connectivity index (χ0v) is 18.0. The Kier molecular flexibility index (Phi) is 5.53. The number of aromatic nitrogens is 3. The first-order valence-electron chi connectivity index (χ1n) is 10.3. The fraction of sp³-hybridized carbons (Fsp3) is 0.250. The molecular weight excluding hydrogens is 410 g/mol. The predicted octanol–water partition coefficient (Wildman–Crippen LogP) is 4.62. The smallest absolute Gasteiger partial charge is 0.191 e. The van der Waals surface area contributed by atoms with Crippen molar-refractivity contribution in [1.82, 2.24) is 14.8 Å². The largest absolute Gasteiger partial charge is 0.490 e. The molecule has 0 bridgehead atoms. The number of rotatable bonds is 5. The van der Waals surface area contributed by atoms with E-state index in [0.29, 0.717) is 24.7 Å². The highest BCUT2D eigenvalue weighted by Crippen LogP contribution is 2.34. The Bertz CT molecular complexity index is 1220. The van der Waals surface area contributed by atoms with Gasteiger partial charge in [0.15, 0.2) is 22.5 Å². The van der Waals surface area contributed by atoms with Crippen LogP contribution in [0.1, 0.15) is 18.1 Å². The highest BCUT2D eigenvalue weighted by Gasteiger charge is 2.17. The number of aliphatic hydroxyl groups is 1. The zero-order valence-electron chi connectivity index (χ0n) is 17.2. The van der Waals surface area contributed by atoms with Crippen LogP contribution in [0.15, 0.2) is 65.8 Å². The molecule has 0 saturated heterocycles. The molecule has 3 aromatic carbocycles. The van der Waals surface area contributed by atoms with E-state index < -0.39 is 6.10 Å². The minimum atomic E-state index is -0.650. The van der Waals surface area contributed by atoms with E-state index in [1.165, 1.54) is 22.5 Å². The second-order valence-electron chi connectivity index (χ2n) is 7.51. The maximum atomic E-state index is 10.7. The van der Waals surface area contributed by atoms with E-state index in [-0.39, 0.29) is 0 Å². The molecule has 1 aliphatic heterocycles. The molecule has 7 heteroatoms. The van der Waals surface area contributed by atoms with E-state index in [2.05, 4.69) is 40.5 Å². The van der Waals surface area contributed by atoms with Crippen LogP contribution in [0.5, 0.6) is 11.5 Å². The fourth-order valence-corrected chi connectivity index (χ4v) is 4.54. The molecule has 1 unspecified atom stereocenters. The molecule has 158 valence electrons. The van der Waals surface area contributed by atoms with Crippen LogP contribution in [0, 0.1) is 0 Å². The Morgan fingerprint density at radius 3 is 2.65 bits per heavy atom. The summed E-state index contributed by atoms with van der Waals surface area (Å²) in [5, 5.41) is 22.6. The van der Waals surface area contributed by atoms with Gasteiger partial charge < -0.3 is 19.1 Å². The van der Waals surface area contributed by atoms with Gasteiger partial charge in [0.05, 0.1) is 19.3 Å². The van der Waals surface area contributed by atoms with Crippen molar-refractivity contribution in [2.75, 3.05) is 19.0 Å². The SMILES string of the molecule is Cn1c(SCC(O)c2ccc3c(c2)OCCCO3)nnc1-c1ccc2ccccc2c1. The number of hydrogen-bond donors (Lipinski definition) is 1. The average molecular weight is 434 g/mol. The number of hydrogen-bond acceptors (Lipinski definition) is 6. The molecule has 0 radical (unpaired) electrons. The zero-order chi connectivity index (χ0) is 21.2. The van der Waals surface area contributed by atoms with Crippen LogP contribution in [0.3, 0.4) is 0 Å². The third-order valence-electron chi connectivity index (χ3n) is 5.37. The van der Waals surface area contributed by atoms with Crippen LogP contribution in [0.2, 0.25) is 0 Å². The van der Waals surface area contributed by atoms with E-state index in [1.807, 2.05) is 41.9 Å². The topological polar surface area (TPSA) is 69.4 Å². The van der Waals surface area contributed by atoms with Crippen LogP contribution >= 0.6 is 11.8 Å². The van der Waals surface area contributed by atoms with Gasteiger partial charge in [-0.15, -0.1) is 10.2 Å². The molecule has 0 amide bonds. The van der Waals surface area contributed by atoms with Crippen LogP contribution < -0.4 is 9.47 Å². The minimum absolute atomic E-state index is 0.462. The third kappa shape index (κ3) is 4.11. The van der Waals surface area contributed by atoms with Gasteiger partial charge in [0.1, 0.15) is 0 Å². The molecule has 31 heavy (non-hydrogen) atoms. The van der Waals surface area contributed by atoms with Crippen molar-refractivity contribution in [3.05, 3.63) is 66.2 Å². The maximum absolute atomic E-state index is 10.7. The van der Waals surface area contributed by atoms with E-state index in [4.69, 9.17) is 9.47 Å². The second-order valence-corrected chi connectivity index (χ2v) is 8.50. The number of aliphatic hydroxyl groups excluding tert-OH is 1. The molecule has 0 aliphatic carbocycles. The Morgan fingerprint density at radius 1 is 0.968 bits per heavy atom. The van der Waals surface area contributed by atoms with Gasteiger partial charge in [-0.2, -0.15) is 0 Å². The Balaban J connectivity index is 1.31. The molecule has 1 aromatic heterocycles. The van der Waals surface area contributed by atoms with Gasteiger partial charge in [0, 0.05) is 24.8 Å². The van der Waals surface area contributed by atoms with E-state index in [1.54, 1.807) is 0 Å². The summed E-state index contributed by atoms with van der Waals surface area (Å²) in [7, 11) is 1.95. The first-order valence-corrected chi connectivity index (χ1v) is 11.3. The van der Waals surface area contributed by atoms with Crippen molar-refractivity contribution < 1.29 is 14.6 Å². The summed E-state index contributed by atoms with van der Waals surface area (Å²) in [5.41, 5.74) is 1.82. The van der Waals surface area contributed by atoms with Crippen molar-refractivity contribution in [2.45, 2.75) is 17.7 Å². The molecule has 5 rings (SSSR count). The summed E-state index contributed by atoms with van der Waals surface area (Å²) in [6, 6.07) is 20.2. The van der Waals surface area contributed by atoms with E-state index in [9.17, 15) is 5.11 Å². The van der Waals surface area contributed by atoms with Gasteiger partial charge in [0.2, 0.25) is 0 Å². The summed E-state index contributed by atoms with van der Waals surface area (Å²) in [4.78, 5) is 0. The van der Waals surface area contributed by atoms with Crippen molar-refractivity contribution in [2.24, 2.45) is 7.05 Å². The summed E-state index contributed by atoms with van der Waals surface area (Å²) < 4.78 is 13.4. The lowest BCUT2D eigenvalue weighted by molar-refractivity contribution is 0.203. The van der Waals surface area contributed by atoms with Gasteiger partial charge in [-0.25, -0.2) is 0 Å². The van der Waals surface area contributed by atoms with E-state index in [0.717, 1.165) is 34.3 Å². The standard InChI is InChI=1S/C24H23N3O3S/c1-27-23(19-8-7-16-5-2-3-6-17(16)13-19)25-26-24(27)31-15-20(28)18-9-10-21-22(14-18)30-12-4-11-29-21/h2-3,5-10,13-14,20,28H,4,11-12,15H2,1H3. The monoisotopic (exact) mass is 433 g/mol. The molecule has 4 aromatic rings. The molecule has 0 fully saturated rings.